The maximum absolute atomic E-state index is 5.94. The Bertz CT molecular complexity index is 600. The molecule has 1 heteroatoms. The second-order valence-electron chi connectivity index (χ2n) is 5.58. The van der Waals surface area contributed by atoms with Gasteiger partial charge in [0.15, 0.2) is 0 Å². The highest BCUT2D eigenvalue weighted by molar-refractivity contribution is 5.85. The summed E-state index contributed by atoms with van der Waals surface area (Å²) in [5.41, 5.74) is 2.74. The Hall–Kier alpha value is -1.50. The van der Waals surface area contributed by atoms with Crippen LogP contribution in [0.4, 0.5) is 0 Å². The molecule has 1 fully saturated rings. The second kappa shape index (κ2) is 3.25. The first-order valence-electron chi connectivity index (χ1n) is 6.46. The van der Waals surface area contributed by atoms with Gasteiger partial charge in [0.05, 0.1) is 6.61 Å². The summed E-state index contributed by atoms with van der Waals surface area (Å²) in [7, 11) is 0. The normalized spacial score (nSPS) is 25.7. The Balaban J connectivity index is 1.90. The maximum atomic E-state index is 5.94. The highest BCUT2D eigenvalue weighted by atomic mass is 16.5. The van der Waals surface area contributed by atoms with E-state index in [9.17, 15) is 0 Å². The van der Waals surface area contributed by atoms with Crippen LogP contribution in [0.1, 0.15) is 17.5 Å². The van der Waals surface area contributed by atoms with Crippen molar-refractivity contribution >= 4 is 10.8 Å². The van der Waals surface area contributed by atoms with E-state index in [1.54, 1.807) is 0 Å². The molecule has 2 unspecified atom stereocenters. The average molecular weight is 224 g/mol. The van der Waals surface area contributed by atoms with E-state index in [2.05, 4.69) is 37.3 Å². The van der Waals surface area contributed by atoms with Gasteiger partial charge in [-0.15, -0.1) is 0 Å². The van der Waals surface area contributed by atoms with Crippen molar-refractivity contribution in [2.45, 2.75) is 19.8 Å². The summed E-state index contributed by atoms with van der Waals surface area (Å²) in [5.74, 6) is 2.83. The van der Waals surface area contributed by atoms with Gasteiger partial charge in [0.2, 0.25) is 0 Å². The molecule has 1 aliphatic carbocycles. The SMILES string of the molecule is Cc1ccc2cc3c(cc2c1)CC1CC1CO3. The van der Waals surface area contributed by atoms with Crippen LogP contribution in [-0.2, 0) is 6.42 Å². The monoisotopic (exact) mass is 224 g/mol. The third-order valence-corrected chi connectivity index (χ3v) is 4.18. The van der Waals surface area contributed by atoms with Crippen molar-refractivity contribution in [1.82, 2.24) is 0 Å². The summed E-state index contributed by atoms with van der Waals surface area (Å²) in [5, 5.41) is 2.65. The standard InChI is InChI=1S/C16H16O/c1-10-2-3-11-8-16-14(5-12(11)4-10)6-13-7-15(13)9-17-16/h2-5,8,13,15H,6-7,9H2,1H3. The van der Waals surface area contributed by atoms with Crippen molar-refractivity contribution in [2.24, 2.45) is 11.8 Å². The van der Waals surface area contributed by atoms with Crippen LogP contribution in [0.2, 0.25) is 0 Å². The fourth-order valence-corrected chi connectivity index (χ4v) is 2.98. The fourth-order valence-electron chi connectivity index (χ4n) is 2.98. The summed E-state index contributed by atoms with van der Waals surface area (Å²) < 4.78 is 5.94. The maximum Gasteiger partial charge on any atom is 0.123 e. The van der Waals surface area contributed by atoms with E-state index in [0.717, 1.165) is 24.2 Å². The van der Waals surface area contributed by atoms with E-state index in [1.807, 2.05) is 0 Å². The minimum absolute atomic E-state index is 0.826. The van der Waals surface area contributed by atoms with Gasteiger partial charge in [-0.1, -0.05) is 23.8 Å². The zero-order chi connectivity index (χ0) is 11.4. The molecule has 0 radical (unpaired) electrons. The lowest BCUT2D eigenvalue weighted by molar-refractivity contribution is 0.300. The van der Waals surface area contributed by atoms with Crippen LogP contribution in [0, 0.1) is 18.8 Å². The van der Waals surface area contributed by atoms with E-state index < -0.39 is 0 Å². The van der Waals surface area contributed by atoms with E-state index in [0.29, 0.717) is 0 Å². The summed E-state index contributed by atoms with van der Waals surface area (Å²) in [6.07, 6.45) is 2.58. The molecular formula is C16H16O. The van der Waals surface area contributed by atoms with Crippen LogP contribution >= 0.6 is 0 Å². The Kier molecular flexibility index (Phi) is 1.82. The predicted molar refractivity (Wildman–Crippen MR) is 69.5 cm³/mol. The molecular weight excluding hydrogens is 208 g/mol. The smallest absolute Gasteiger partial charge is 0.123 e. The highest BCUT2D eigenvalue weighted by Gasteiger charge is 2.39. The number of rotatable bonds is 0. The molecule has 86 valence electrons. The molecule has 1 nitrogen and oxygen atoms in total. The van der Waals surface area contributed by atoms with Gasteiger partial charge in [0, 0.05) is 0 Å². The predicted octanol–water partition coefficient (Wildman–Crippen LogP) is 3.72. The molecule has 2 aromatic rings. The number of benzene rings is 2. The van der Waals surface area contributed by atoms with Gasteiger partial charge in [-0.2, -0.15) is 0 Å². The van der Waals surface area contributed by atoms with Crippen LogP contribution in [0.25, 0.3) is 10.8 Å². The Morgan fingerprint density at radius 3 is 2.94 bits per heavy atom. The van der Waals surface area contributed by atoms with Crippen LogP contribution in [0.3, 0.4) is 0 Å². The Morgan fingerprint density at radius 1 is 1.06 bits per heavy atom. The lowest BCUT2D eigenvalue weighted by atomic mass is 10.0. The van der Waals surface area contributed by atoms with Gasteiger partial charge in [-0.25, -0.2) is 0 Å². The minimum atomic E-state index is 0.826. The average Bonchev–Trinajstić information content (AvgIpc) is 3.04. The third kappa shape index (κ3) is 1.53. The molecule has 2 aliphatic rings. The van der Waals surface area contributed by atoms with Gasteiger partial charge in [0.25, 0.3) is 0 Å². The number of ether oxygens (including phenoxy) is 1. The molecule has 0 bridgehead atoms. The zero-order valence-electron chi connectivity index (χ0n) is 10.1. The first-order chi connectivity index (χ1) is 8.29. The summed E-state index contributed by atoms with van der Waals surface area (Å²) >= 11 is 0. The lowest BCUT2D eigenvalue weighted by Crippen LogP contribution is -1.98. The molecule has 2 aromatic carbocycles. The van der Waals surface area contributed by atoms with Gasteiger partial charge < -0.3 is 4.74 Å². The quantitative estimate of drug-likeness (QED) is 0.662. The lowest BCUT2D eigenvalue weighted by Gasteiger charge is -2.10. The number of fused-ring (bicyclic) bond motifs is 3. The molecule has 0 spiro atoms. The number of hydrogen-bond donors (Lipinski definition) is 0. The molecule has 17 heavy (non-hydrogen) atoms. The summed E-state index contributed by atoms with van der Waals surface area (Å²) in [6, 6.07) is 11.2. The third-order valence-electron chi connectivity index (χ3n) is 4.18. The van der Waals surface area contributed by atoms with E-state index in [-0.39, 0.29) is 0 Å². The van der Waals surface area contributed by atoms with Crippen LogP contribution in [0.15, 0.2) is 30.3 Å². The molecule has 1 aliphatic heterocycles. The molecule has 1 saturated carbocycles. The molecule has 0 aromatic heterocycles. The van der Waals surface area contributed by atoms with E-state index in [1.165, 1.54) is 34.7 Å². The molecule has 2 atom stereocenters. The van der Waals surface area contributed by atoms with Gasteiger partial charge in [-0.3, -0.25) is 0 Å². The van der Waals surface area contributed by atoms with Crippen molar-refractivity contribution in [3.63, 3.8) is 0 Å². The van der Waals surface area contributed by atoms with Crippen molar-refractivity contribution in [2.75, 3.05) is 6.61 Å². The second-order valence-corrected chi connectivity index (χ2v) is 5.58. The van der Waals surface area contributed by atoms with Crippen LogP contribution in [0.5, 0.6) is 5.75 Å². The summed E-state index contributed by atoms with van der Waals surface area (Å²) in [6.45, 7) is 3.08. The molecule has 0 amide bonds. The zero-order valence-corrected chi connectivity index (χ0v) is 10.1. The molecule has 0 N–H and O–H groups in total. The molecule has 1 heterocycles. The Labute approximate surface area is 101 Å². The molecule has 4 rings (SSSR count). The fraction of sp³-hybridized carbons (Fsp3) is 0.375. The number of hydrogen-bond acceptors (Lipinski definition) is 1. The van der Waals surface area contributed by atoms with Gasteiger partial charge in [0.1, 0.15) is 5.75 Å². The number of aryl methyl sites for hydroxylation is 1. The Morgan fingerprint density at radius 2 is 2.00 bits per heavy atom. The van der Waals surface area contributed by atoms with Crippen molar-refractivity contribution in [3.8, 4) is 5.75 Å². The van der Waals surface area contributed by atoms with Crippen molar-refractivity contribution in [3.05, 3.63) is 41.5 Å². The first-order valence-corrected chi connectivity index (χ1v) is 6.46. The largest absolute Gasteiger partial charge is 0.493 e. The topological polar surface area (TPSA) is 9.23 Å². The van der Waals surface area contributed by atoms with Crippen LogP contribution in [-0.4, -0.2) is 6.61 Å². The van der Waals surface area contributed by atoms with Crippen molar-refractivity contribution < 1.29 is 4.74 Å². The van der Waals surface area contributed by atoms with Gasteiger partial charge >= 0.3 is 0 Å². The first kappa shape index (κ1) is 9.52. The summed E-state index contributed by atoms with van der Waals surface area (Å²) in [4.78, 5) is 0. The van der Waals surface area contributed by atoms with E-state index >= 15 is 0 Å². The van der Waals surface area contributed by atoms with Gasteiger partial charge in [-0.05, 0) is 60.1 Å². The van der Waals surface area contributed by atoms with E-state index in [4.69, 9.17) is 4.74 Å². The molecule has 0 saturated heterocycles. The van der Waals surface area contributed by atoms with Crippen molar-refractivity contribution in [1.29, 1.82) is 0 Å². The highest BCUT2D eigenvalue weighted by Crippen LogP contribution is 2.46. The minimum Gasteiger partial charge on any atom is -0.493 e. The van der Waals surface area contributed by atoms with Crippen LogP contribution < -0.4 is 4.74 Å².